The van der Waals surface area contributed by atoms with E-state index in [0.717, 1.165) is 0 Å². The van der Waals surface area contributed by atoms with Crippen molar-refractivity contribution >= 4 is 42.2 Å². The van der Waals surface area contributed by atoms with Crippen molar-refractivity contribution < 1.29 is 34.2 Å². The third kappa shape index (κ3) is 8.88. The van der Waals surface area contributed by atoms with E-state index in [2.05, 4.69) is 23.3 Å². The lowest BCUT2D eigenvalue weighted by molar-refractivity contribution is -0.143. The number of nitrogens with two attached hydrogens (primary N) is 2. The van der Waals surface area contributed by atoms with Crippen molar-refractivity contribution in [2.45, 2.75) is 24.5 Å². The summed E-state index contributed by atoms with van der Waals surface area (Å²) in [6.45, 7) is -1.22. The summed E-state index contributed by atoms with van der Waals surface area (Å²) in [6.07, 6.45) is -0.608. The molecule has 0 aromatic rings. The van der Waals surface area contributed by atoms with Gasteiger partial charge in [-0.3, -0.25) is 19.2 Å². The molecule has 9 N–H and O–H groups in total. The minimum atomic E-state index is -1.52. The molecule has 12 nitrogen and oxygen atoms in total. The van der Waals surface area contributed by atoms with Gasteiger partial charge in [0.2, 0.25) is 23.6 Å². The van der Waals surface area contributed by atoms with Crippen LogP contribution in [-0.4, -0.2) is 76.8 Å². The minimum Gasteiger partial charge on any atom is -0.480 e. The fourth-order valence-corrected chi connectivity index (χ4v) is 1.75. The van der Waals surface area contributed by atoms with Gasteiger partial charge in [-0.25, -0.2) is 4.79 Å². The summed E-state index contributed by atoms with van der Waals surface area (Å²) < 4.78 is 0. The van der Waals surface area contributed by atoms with Gasteiger partial charge < -0.3 is 37.6 Å². The van der Waals surface area contributed by atoms with E-state index in [1.54, 1.807) is 0 Å². The maximum absolute atomic E-state index is 11.9. The zero-order chi connectivity index (χ0) is 19.6. The van der Waals surface area contributed by atoms with Gasteiger partial charge in [0.05, 0.1) is 19.6 Å². The highest BCUT2D eigenvalue weighted by atomic mass is 32.1. The van der Waals surface area contributed by atoms with Crippen molar-refractivity contribution in [3.05, 3.63) is 0 Å². The molecule has 4 amide bonds. The Morgan fingerprint density at radius 1 is 1.04 bits per heavy atom. The Labute approximate surface area is 148 Å². The number of aliphatic hydroxyl groups excluding tert-OH is 1. The van der Waals surface area contributed by atoms with Crippen molar-refractivity contribution in [1.29, 1.82) is 0 Å². The van der Waals surface area contributed by atoms with Crippen LogP contribution in [0.2, 0.25) is 0 Å². The number of amides is 4. The van der Waals surface area contributed by atoms with E-state index < -0.39 is 67.3 Å². The zero-order valence-corrected chi connectivity index (χ0v) is 14.0. The number of carbonyl (C=O) groups is 5. The molecule has 25 heavy (non-hydrogen) atoms. The lowest BCUT2D eigenvalue weighted by Gasteiger charge is -2.18. The predicted octanol–water partition coefficient (Wildman–Crippen LogP) is -4.72. The normalized spacial score (nSPS) is 13.9. The van der Waals surface area contributed by atoms with E-state index in [1.165, 1.54) is 0 Å². The molecule has 0 radical (unpaired) electrons. The summed E-state index contributed by atoms with van der Waals surface area (Å²) in [5, 5.41) is 24.0. The van der Waals surface area contributed by atoms with E-state index in [4.69, 9.17) is 21.7 Å². The Morgan fingerprint density at radius 2 is 1.64 bits per heavy atom. The van der Waals surface area contributed by atoms with Crippen molar-refractivity contribution in [2.24, 2.45) is 11.5 Å². The summed E-state index contributed by atoms with van der Waals surface area (Å²) in [5.41, 5.74) is 10.2. The predicted molar refractivity (Wildman–Crippen MR) is 87.2 cm³/mol. The first-order valence-corrected chi connectivity index (χ1v) is 7.61. The van der Waals surface area contributed by atoms with Gasteiger partial charge in [0, 0.05) is 5.75 Å². The molecule has 13 heteroatoms. The highest BCUT2D eigenvalue weighted by molar-refractivity contribution is 7.80. The number of hydrogen-bond acceptors (Lipinski definition) is 8. The second kappa shape index (κ2) is 11.2. The molecule has 0 aromatic heterocycles. The first-order chi connectivity index (χ1) is 11.6. The Morgan fingerprint density at radius 3 is 2.08 bits per heavy atom. The number of carbonyl (C=O) groups excluding carboxylic acids is 4. The lowest BCUT2D eigenvalue weighted by atomic mass is 10.2. The van der Waals surface area contributed by atoms with Crippen LogP contribution in [0.5, 0.6) is 0 Å². The molecule has 0 spiro atoms. The molecule has 0 bridgehead atoms. The second-order valence-corrected chi connectivity index (χ2v) is 5.24. The number of carboxylic acids is 1. The van der Waals surface area contributed by atoms with Crippen molar-refractivity contribution in [2.75, 3.05) is 18.9 Å². The molecule has 0 aliphatic rings. The highest BCUT2D eigenvalue weighted by Crippen LogP contribution is 1.93. The summed E-state index contributed by atoms with van der Waals surface area (Å²) in [5.74, 6) is -4.93. The highest BCUT2D eigenvalue weighted by Gasteiger charge is 2.24. The summed E-state index contributed by atoms with van der Waals surface area (Å²) in [6, 6.07) is -3.87. The number of nitrogens with one attached hydrogen (secondary N) is 3. The Balaban J connectivity index is 4.54. The lowest BCUT2D eigenvalue weighted by Crippen LogP contribution is -2.55. The van der Waals surface area contributed by atoms with Crippen LogP contribution in [-0.2, 0) is 24.0 Å². The third-order valence-corrected chi connectivity index (χ3v) is 3.18. The van der Waals surface area contributed by atoms with Crippen LogP contribution >= 0.6 is 12.6 Å². The first kappa shape index (κ1) is 22.6. The van der Waals surface area contributed by atoms with Gasteiger partial charge in [-0.2, -0.15) is 12.6 Å². The van der Waals surface area contributed by atoms with Crippen LogP contribution in [0.1, 0.15) is 6.42 Å². The number of hydrogen-bond donors (Lipinski definition) is 8. The number of thiol groups is 1. The second-order valence-electron chi connectivity index (χ2n) is 4.88. The van der Waals surface area contributed by atoms with Gasteiger partial charge in [-0.15, -0.1) is 0 Å². The number of aliphatic carboxylic acids is 1. The quantitative estimate of drug-likeness (QED) is 0.163. The molecule has 3 unspecified atom stereocenters. The third-order valence-electron chi connectivity index (χ3n) is 2.81. The minimum absolute atomic E-state index is 0.114. The average molecular weight is 379 g/mol. The standard InChI is InChI=1S/C12H21N5O7S/c13-5(3-18)10(21)17-7(4-25)11(22)15-2-9(20)16-6(12(23)24)1-8(14)19/h5-7,18,25H,1-4,13H2,(H2,14,19)(H,15,22)(H,16,20)(H,17,21)(H,23,24). The summed E-state index contributed by atoms with van der Waals surface area (Å²) in [7, 11) is 0. The molecule has 0 heterocycles. The van der Waals surface area contributed by atoms with Gasteiger partial charge in [0.1, 0.15) is 18.1 Å². The molecular weight excluding hydrogens is 358 g/mol. The molecule has 0 fully saturated rings. The van der Waals surface area contributed by atoms with Crippen LogP contribution in [0.25, 0.3) is 0 Å². The van der Waals surface area contributed by atoms with Gasteiger partial charge >= 0.3 is 5.97 Å². The van der Waals surface area contributed by atoms with Crippen LogP contribution in [0.3, 0.4) is 0 Å². The smallest absolute Gasteiger partial charge is 0.326 e. The molecule has 0 saturated heterocycles. The molecule has 3 atom stereocenters. The van der Waals surface area contributed by atoms with Crippen LogP contribution in [0.15, 0.2) is 0 Å². The topological polar surface area (TPSA) is 214 Å². The SMILES string of the molecule is NC(=O)CC(NC(=O)CNC(=O)C(CS)NC(=O)C(N)CO)C(=O)O. The zero-order valence-electron chi connectivity index (χ0n) is 13.1. The van der Waals surface area contributed by atoms with E-state index in [9.17, 15) is 24.0 Å². The first-order valence-electron chi connectivity index (χ1n) is 6.98. The molecule has 0 aromatic carbocycles. The molecule has 0 aliphatic carbocycles. The van der Waals surface area contributed by atoms with Gasteiger partial charge in [0.25, 0.3) is 0 Å². The van der Waals surface area contributed by atoms with Gasteiger partial charge in [0.15, 0.2) is 0 Å². The maximum atomic E-state index is 11.9. The van der Waals surface area contributed by atoms with Crippen molar-refractivity contribution in [3.63, 3.8) is 0 Å². The maximum Gasteiger partial charge on any atom is 0.326 e. The van der Waals surface area contributed by atoms with Gasteiger partial charge in [-0.1, -0.05) is 0 Å². The fraction of sp³-hybridized carbons (Fsp3) is 0.583. The Bertz CT molecular complexity index is 530. The van der Waals surface area contributed by atoms with E-state index in [1.807, 2.05) is 5.32 Å². The molecular formula is C12H21N5O7S. The molecule has 0 aliphatic heterocycles. The largest absolute Gasteiger partial charge is 0.480 e. The van der Waals surface area contributed by atoms with Crippen LogP contribution in [0, 0.1) is 0 Å². The number of primary amides is 1. The van der Waals surface area contributed by atoms with Crippen LogP contribution < -0.4 is 27.4 Å². The number of carboxylic acid groups (broad SMARTS) is 1. The monoisotopic (exact) mass is 379 g/mol. The Hall–Kier alpha value is -2.38. The molecule has 142 valence electrons. The van der Waals surface area contributed by atoms with Crippen molar-refractivity contribution in [1.82, 2.24) is 16.0 Å². The number of rotatable bonds is 11. The summed E-state index contributed by atoms with van der Waals surface area (Å²) in [4.78, 5) is 56.6. The average Bonchev–Trinajstić information content (AvgIpc) is 2.55. The van der Waals surface area contributed by atoms with Gasteiger partial charge in [-0.05, 0) is 0 Å². The fourth-order valence-electron chi connectivity index (χ4n) is 1.49. The molecule has 0 rings (SSSR count). The number of aliphatic hydroxyl groups is 1. The van der Waals surface area contributed by atoms with E-state index in [-0.39, 0.29) is 5.75 Å². The Kier molecular flexibility index (Phi) is 10.2. The van der Waals surface area contributed by atoms with E-state index >= 15 is 0 Å². The van der Waals surface area contributed by atoms with Crippen LogP contribution in [0.4, 0.5) is 0 Å². The molecule has 0 saturated carbocycles. The van der Waals surface area contributed by atoms with E-state index in [0.29, 0.717) is 0 Å². The summed E-state index contributed by atoms with van der Waals surface area (Å²) >= 11 is 3.88. The van der Waals surface area contributed by atoms with Crippen molar-refractivity contribution in [3.8, 4) is 0 Å².